The maximum absolute atomic E-state index is 14.1. The standard InChI is InChI=1S/C46H65NO15Si/c1-11-12-13-20-25-53-44-40(58-30(4)50)39(57-29(3)49)36(56-28(2)48)33(60-44)26-54-43-35(47-41(51)31-21-16-14-17-22-31)38(61-42(52)32-23-18-15-19-24-32)37-34(59-43)27-55-63(62-37,45(5,6)7)46(8,9)10/h14-19,21-24,33-40,43-44H,11-13,20,25-27H2,1-10H3,(H,47,51)/t33-,34-,35-,36-,37+,38-,39+,40-,43+,44-/m1/s1. The van der Waals surface area contributed by atoms with E-state index in [0.29, 0.717) is 12.0 Å². The van der Waals surface area contributed by atoms with Crippen molar-refractivity contribution in [3.8, 4) is 0 Å². The van der Waals surface area contributed by atoms with Gasteiger partial charge in [-0.25, -0.2) is 4.79 Å². The summed E-state index contributed by atoms with van der Waals surface area (Å²) in [6.45, 7) is 17.8. The van der Waals surface area contributed by atoms with E-state index in [9.17, 15) is 24.0 Å². The number of carbonyl (C=O) groups excluding carboxylic acids is 5. The molecule has 1 N–H and O–H groups in total. The lowest BCUT2D eigenvalue weighted by Crippen LogP contribution is -2.74. The van der Waals surface area contributed by atoms with Crippen LogP contribution in [0.25, 0.3) is 0 Å². The molecule has 0 unspecified atom stereocenters. The van der Waals surface area contributed by atoms with Crippen molar-refractivity contribution in [1.82, 2.24) is 5.32 Å². The van der Waals surface area contributed by atoms with Crippen molar-refractivity contribution in [3.63, 3.8) is 0 Å². The van der Waals surface area contributed by atoms with Gasteiger partial charge in [0.2, 0.25) is 0 Å². The number of carbonyl (C=O) groups is 5. The quantitative estimate of drug-likeness (QED) is 0.0851. The molecule has 0 radical (unpaired) electrons. The highest BCUT2D eigenvalue weighted by Crippen LogP contribution is 2.55. The molecular formula is C46H65NO15Si. The van der Waals surface area contributed by atoms with Crippen LogP contribution in [0.1, 0.15) is 116 Å². The van der Waals surface area contributed by atoms with Crippen LogP contribution < -0.4 is 5.32 Å². The summed E-state index contributed by atoms with van der Waals surface area (Å²) in [5.74, 6) is -3.38. The molecule has 0 spiro atoms. The van der Waals surface area contributed by atoms with Crippen LogP contribution in [-0.2, 0) is 61.1 Å². The lowest BCUT2D eigenvalue weighted by molar-refractivity contribution is -0.325. The van der Waals surface area contributed by atoms with Gasteiger partial charge in [0.25, 0.3) is 5.91 Å². The largest absolute Gasteiger partial charge is 0.456 e. The van der Waals surface area contributed by atoms with E-state index in [1.807, 2.05) is 0 Å². The van der Waals surface area contributed by atoms with Crippen LogP contribution in [0.5, 0.6) is 0 Å². The molecule has 63 heavy (non-hydrogen) atoms. The van der Waals surface area contributed by atoms with E-state index in [1.165, 1.54) is 20.8 Å². The molecule has 3 saturated heterocycles. The van der Waals surface area contributed by atoms with E-state index in [2.05, 4.69) is 53.8 Å². The zero-order chi connectivity index (χ0) is 46.1. The van der Waals surface area contributed by atoms with Crippen LogP contribution in [0.15, 0.2) is 60.7 Å². The fourth-order valence-corrected chi connectivity index (χ4v) is 13.5. The first kappa shape index (κ1) is 49.8. The summed E-state index contributed by atoms with van der Waals surface area (Å²) in [5, 5.41) is 2.09. The molecular weight excluding hydrogens is 835 g/mol. The van der Waals surface area contributed by atoms with Gasteiger partial charge in [-0.1, -0.05) is 104 Å². The summed E-state index contributed by atoms with van der Waals surface area (Å²) in [4.78, 5) is 65.8. The van der Waals surface area contributed by atoms with E-state index >= 15 is 0 Å². The second-order valence-electron chi connectivity index (χ2n) is 18.2. The molecule has 1 amide bonds. The Morgan fingerprint density at radius 1 is 0.667 bits per heavy atom. The lowest BCUT2D eigenvalue weighted by atomic mass is 9.95. The zero-order valence-corrected chi connectivity index (χ0v) is 39.1. The Balaban J connectivity index is 1.56. The average molecular weight is 900 g/mol. The highest BCUT2D eigenvalue weighted by atomic mass is 28.4. The van der Waals surface area contributed by atoms with Crippen LogP contribution >= 0.6 is 0 Å². The van der Waals surface area contributed by atoms with Crippen molar-refractivity contribution in [2.24, 2.45) is 0 Å². The van der Waals surface area contributed by atoms with Crippen molar-refractivity contribution in [3.05, 3.63) is 71.8 Å². The monoisotopic (exact) mass is 899 g/mol. The fourth-order valence-electron chi connectivity index (χ4n) is 8.58. The normalized spacial score (nSPS) is 28.2. The lowest BCUT2D eigenvalue weighted by Gasteiger charge is -2.58. The highest BCUT2D eigenvalue weighted by molar-refractivity contribution is 6.73. The van der Waals surface area contributed by atoms with E-state index in [4.69, 9.17) is 46.7 Å². The number of rotatable bonds is 16. The molecule has 0 aliphatic carbocycles. The molecule has 3 aliphatic heterocycles. The van der Waals surface area contributed by atoms with E-state index < -0.39 is 116 Å². The van der Waals surface area contributed by atoms with Gasteiger partial charge in [0, 0.05) is 43.0 Å². The number of ether oxygens (including phenoxy) is 8. The van der Waals surface area contributed by atoms with Gasteiger partial charge in [0.05, 0.1) is 18.8 Å². The van der Waals surface area contributed by atoms with Gasteiger partial charge in [0.1, 0.15) is 24.4 Å². The third kappa shape index (κ3) is 12.3. The summed E-state index contributed by atoms with van der Waals surface area (Å²) in [6, 6.07) is 15.7. The van der Waals surface area contributed by atoms with E-state index in [0.717, 1.165) is 19.3 Å². The Hall–Kier alpha value is -4.23. The molecule has 17 heteroatoms. The molecule has 348 valence electrons. The van der Waals surface area contributed by atoms with Crippen LogP contribution in [0.2, 0.25) is 10.1 Å². The first-order chi connectivity index (χ1) is 29.8. The Morgan fingerprint density at radius 2 is 1.24 bits per heavy atom. The molecule has 3 fully saturated rings. The number of benzene rings is 2. The van der Waals surface area contributed by atoms with Crippen molar-refractivity contribution in [2.75, 3.05) is 19.8 Å². The molecule has 16 nitrogen and oxygen atoms in total. The third-order valence-electron chi connectivity index (χ3n) is 11.2. The second-order valence-corrected chi connectivity index (χ2v) is 22.9. The summed E-state index contributed by atoms with van der Waals surface area (Å²) in [5.41, 5.74) is 0.588. The number of hydrogen-bond acceptors (Lipinski definition) is 15. The topological polar surface area (TPSA) is 190 Å². The Morgan fingerprint density at radius 3 is 1.81 bits per heavy atom. The average Bonchev–Trinajstić information content (AvgIpc) is 3.22. The van der Waals surface area contributed by atoms with Crippen LogP contribution in [0, 0.1) is 0 Å². The number of hydrogen-bond donors (Lipinski definition) is 1. The molecule has 0 bridgehead atoms. The Labute approximate surface area is 371 Å². The molecule has 2 aromatic carbocycles. The van der Waals surface area contributed by atoms with Crippen molar-refractivity contribution in [1.29, 1.82) is 0 Å². The SMILES string of the molecule is CCCCCCO[C@@H]1O[C@H](CO[C@H]2O[C@@H]3CO[Si](C(C)(C)C)(C(C)(C)C)O[C@@H]3[C@H](OC(=O)c3ccccc3)[C@H]2NC(=O)c2ccccc2)[C@@H](OC(C)=O)[C@H](OC(C)=O)[C@H]1OC(C)=O. The van der Waals surface area contributed by atoms with Crippen molar-refractivity contribution < 1.29 is 70.7 Å². The minimum atomic E-state index is -3.24. The van der Waals surface area contributed by atoms with Crippen LogP contribution in [-0.4, -0.2) is 120 Å². The fraction of sp³-hybridized carbons (Fsp3) is 0.630. The van der Waals surface area contributed by atoms with Crippen LogP contribution in [0.3, 0.4) is 0 Å². The van der Waals surface area contributed by atoms with Crippen molar-refractivity contribution >= 4 is 38.3 Å². The molecule has 3 aliphatic rings. The van der Waals surface area contributed by atoms with Gasteiger partial charge < -0.3 is 52.1 Å². The summed E-state index contributed by atoms with van der Waals surface area (Å²) < 4.78 is 63.2. The first-order valence-corrected chi connectivity index (χ1v) is 23.6. The Kier molecular flexibility index (Phi) is 17.1. The smallest absolute Gasteiger partial charge is 0.349 e. The van der Waals surface area contributed by atoms with Gasteiger partial charge in [0.15, 0.2) is 37.0 Å². The number of amides is 1. The third-order valence-corrected chi connectivity index (χ3v) is 16.3. The van der Waals surface area contributed by atoms with Gasteiger partial charge in [-0.15, -0.1) is 0 Å². The minimum Gasteiger partial charge on any atom is -0.456 e. The molecule has 0 aromatic heterocycles. The van der Waals surface area contributed by atoms with Gasteiger partial charge >= 0.3 is 32.4 Å². The first-order valence-electron chi connectivity index (χ1n) is 21.8. The Bertz CT molecular complexity index is 1840. The highest BCUT2D eigenvalue weighted by Gasteiger charge is 2.66. The molecule has 3 heterocycles. The number of unbranched alkanes of at least 4 members (excludes halogenated alkanes) is 3. The van der Waals surface area contributed by atoms with Crippen LogP contribution in [0.4, 0.5) is 0 Å². The molecule has 0 saturated carbocycles. The maximum atomic E-state index is 14.1. The van der Waals surface area contributed by atoms with Gasteiger partial charge in [-0.3, -0.25) is 19.2 Å². The predicted molar refractivity (Wildman–Crippen MR) is 229 cm³/mol. The summed E-state index contributed by atoms with van der Waals surface area (Å²) in [6.07, 6.45) is -7.44. The minimum absolute atomic E-state index is 0.0482. The van der Waals surface area contributed by atoms with Gasteiger partial charge in [-0.05, 0) is 30.7 Å². The second kappa shape index (κ2) is 21.6. The summed E-state index contributed by atoms with van der Waals surface area (Å²) >= 11 is 0. The number of nitrogens with one attached hydrogen (secondary N) is 1. The molecule has 5 rings (SSSR count). The number of fused-ring (bicyclic) bond motifs is 1. The predicted octanol–water partition coefficient (Wildman–Crippen LogP) is 6.33. The van der Waals surface area contributed by atoms with E-state index in [1.54, 1.807) is 60.7 Å². The molecule has 10 atom stereocenters. The maximum Gasteiger partial charge on any atom is 0.349 e. The van der Waals surface area contributed by atoms with Crippen molar-refractivity contribution in [2.45, 2.75) is 166 Å². The van der Waals surface area contributed by atoms with E-state index in [-0.39, 0.29) is 18.8 Å². The van der Waals surface area contributed by atoms with Gasteiger partial charge in [-0.2, -0.15) is 0 Å². The summed E-state index contributed by atoms with van der Waals surface area (Å²) in [7, 11) is -3.24. The number of esters is 4. The zero-order valence-electron chi connectivity index (χ0n) is 38.1. The molecule has 2 aromatic rings.